The topological polar surface area (TPSA) is 183 Å². The van der Waals surface area contributed by atoms with Gasteiger partial charge in [-0.05, 0) is 55.7 Å². The molecule has 180 valence electrons. The SMILES string of the molecule is CN(C)[C@@H]1C(O)=C(C(N)=O)C(=O)[C@@]2(N=O)C(O)=C3C(=O)c4c(cc5cccnc5c4O)C[C@H]3C[C@@H]12. The first-order chi connectivity index (χ1) is 16.6. The molecule has 5 N–H and O–H groups in total. The van der Waals surface area contributed by atoms with Crippen LogP contribution in [-0.4, -0.2) is 68.4 Å². The molecule has 3 aliphatic carbocycles. The van der Waals surface area contributed by atoms with Crippen molar-refractivity contribution in [3.63, 3.8) is 0 Å². The van der Waals surface area contributed by atoms with Crippen molar-refractivity contribution in [3.8, 4) is 5.75 Å². The minimum absolute atomic E-state index is 0.0207. The molecule has 1 heterocycles. The highest BCUT2D eigenvalue weighted by Gasteiger charge is 2.65. The van der Waals surface area contributed by atoms with Gasteiger partial charge in [0, 0.05) is 23.1 Å². The number of primary amides is 1. The van der Waals surface area contributed by atoms with E-state index in [0.717, 1.165) is 0 Å². The van der Waals surface area contributed by atoms with Crippen LogP contribution in [0.5, 0.6) is 5.75 Å². The van der Waals surface area contributed by atoms with Crippen molar-refractivity contribution in [2.24, 2.45) is 22.7 Å². The first-order valence-electron chi connectivity index (χ1n) is 10.9. The van der Waals surface area contributed by atoms with Gasteiger partial charge >= 0.3 is 0 Å². The van der Waals surface area contributed by atoms with Crippen molar-refractivity contribution in [1.82, 2.24) is 9.88 Å². The molecule has 0 bridgehead atoms. The fraction of sp³-hybridized carbons (Fsp3) is 0.333. The van der Waals surface area contributed by atoms with E-state index in [1.807, 2.05) is 0 Å². The molecule has 3 aliphatic rings. The van der Waals surface area contributed by atoms with Crippen LogP contribution in [0.25, 0.3) is 10.9 Å². The van der Waals surface area contributed by atoms with Crippen molar-refractivity contribution >= 4 is 28.4 Å². The van der Waals surface area contributed by atoms with Crippen LogP contribution in [0.15, 0.2) is 52.2 Å². The van der Waals surface area contributed by atoms with Crippen LogP contribution in [0.3, 0.4) is 0 Å². The zero-order valence-corrected chi connectivity index (χ0v) is 18.8. The normalized spacial score (nSPS) is 28.1. The van der Waals surface area contributed by atoms with Crippen molar-refractivity contribution in [3.05, 3.63) is 63.1 Å². The monoisotopic (exact) mass is 478 g/mol. The zero-order valence-electron chi connectivity index (χ0n) is 18.8. The van der Waals surface area contributed by atoms with Crippen LogP contribution >= 0.6 is 0 Å². The number of carbonyl (C=O) groups excluding carboxylic acids is 3. The standard InChI is InChI=1S/C24H22N4O7/c1-28(2)17-12-8-11-7-10-6-9-4-3-5-26-16(9)19(30)13(10)18(29)14(11)21(32)24(12,27-35)22(33)15(20(17)31)23(25)34/h3-6,11-12,17,30-32H,7-8H2,1-2H3,(H2,25,34)/t11-,12-,17-,24-/m0/s1. The molecular weight excluding hydrogens is 456 g/mol. The molecule has 0 unspecified atom stereocenters. The van der Waals surface area contributed by atoms with Crippen molar-refractivity contribution < 1.29 is 29.7 Å². The Hall–Kier alpha value is -4.12. The minimum Gasteiger partial charge on any atom is -0.510 e. The van der Waals surface area contributed by atoms with Gasteiger partial charge in [-0.15, -0.1) is 4.91 Å². The summed E-state index contributed by atoms with van der Waals surface area (Å²) in [5.41, 5.74) is 2.39. The second kappa shape index (κ2) is 7.44. The van der Waals surface area contributed by atoms with E-state index in [0.29, 0.717) is 10.9 Å². The Kier molecular flexibility index (Phi) is 4.82. The number of pyridine rings is 1. The van der Waals surface area contributed by atoms with Crippen molar-refractivity contribution in [2.45, 2.75) is 24.4 Å². The number of aromatic nitrogens is 1. The summed E-state index contributed by atoms with van der Waals surface area (Å²) >= 11 is 0. The number of aliphatic hydroxyl groups is 2. The van der Waals surface area contributed by atoms with Gasteiger partial charge in [-0.1, -0.05) is 6.07 Å². The van der Waals surface area contributed by atoms with Crippen molar-refractivity contribution in [1.29, 1.82) is 0 Å². The lowest BCUT2D eigenvalue weighted by Gasteiger charge is -2.49. The third kappa shape index (κ3) is 2.75. The molecule has 1 aromatic heterocycles. The maximum absolute atomic E-state index is 13.6. The number of Topliss-reactive ketones (excluding diaryl/α,β-unsaturated/α-hetero) is 2. The Morgan fingerprint density at radius 2 is 1.97 bits per heavy atom. The van der Waals surface area contributed by atoms with Crippen LogP contribution in [0, 0.1) is 16.7 Å². The van der Waals surface area contributed by atoms with Crippen LogP contribution in [0.1, 0.15) is 22.3 Å². The van der Waals surface area contributed by atoms with E-state index in [4.69, 9.17) is 5.73 Å². The second-order valence-corrected chi connectivity index (χ2v) is 9.39. The number of nitrogens with zero attached hydrogens (tertiary/aromatic N) is 3. The van der Waals surface area contributed by atoms with Gasteiger partial charge in [0.25, 0.3) is 5.91 Å². The number of aromatic hydroxyl groups is 1. The number of aliphatic hydroxyl groups excluding tert-OH is 2. The van der Waals surface area contributed by atoms with E-state index in [-0.39, 0.29) is 35.2 Å². The first kappa shape index (κ1) is 22.7. The Bertz CT molecular complexity index is 1430. The lowest BCUT2D eigenvalue weighted by atomic mass is 9.57. The predicted molar refractivity (Wildman–Crippen MR) is 123 cm³/mol. The van der Waals surface area contributed by atoms with Gasteiger partial charge in [0.1, 0.15) is 22.6 Å². The smallest absolute Gasteiger partial charge is 0.255 e. The number of phenols is 1. The quantitative estimate of drug-likeness (QED) is 0.374. The highest BCUT2D eigenvalue weighted by atomic mass is 16.3. The van der Waals surface area contributed by atoms with Gasteiger partial charge < -0.3 is 21.1 Å². The van der Waals surface area contributed by atoms with Gasteiger partial charge in [-0.25, -0.2) is 0 Å². The highest BCUT2D eigenvalue weighted by Crippen LogP contribution is 2.54. The third-order valence-electron chi connectivity index (χ3n) is 7.43. The molecule has 2 aromatic rings. The number of benzene rings is 1. The number of fused-ring (bicyclic) bond motifs is 4. The van der Waals surface area contributed by atoms with Crippen molar-refractivity contribution in [2.75, 3.05) is 14.1 Å². The van der Waals surface area contributed by atoms with Gasteiger partial charge in [0.2, 0.25) is 11.3 Å². The number of likely N-dealkylation sites (N-methyl/N-ethyl adjacent to an activating group) is 1. The fourth-order valence-electron chi connectivity index (χ4n) is 6.00. The predicted octanol–water partition coefficient (Wildman–Crippen LogP) is 1.44. The van der Waals surface area contributed by atoms with E-state index in [9.17, 15) is 34.6 Å². The average Bonchev–Trinajstić information content (AvgIpc) is 2.78. The summed E-state index contributed by atoms with van der Waals surface area (Å²) < 4.78 is 0. The van der Waals surface area contributed by atoms with Crippen LogP contribution in [0.4, 0.5) is 0 Å². The first-order valence-corrected chi connectivity index (χ1v) is 10.9. The number of rotatable bonds is 3. The van der Waals surface area contributed by atoms with E-state index in [1.54, 1.807) is 32.3 Å². The van der Waals surface area contributed by atoms with Gasteiger partial charge in [-0.2, -0.15) is 0 Å². The lowest BCUT2D eigenvalue weighted by Crippen LogP contribution is -2.62. The summed E-state index contributed by atoms with van der Waals surface area (Å²) in [6, 6.07) is 4.12. The third-order valence-corrected chi connectivity index (χ3v) is 7.43. The van der Waals surface area contributed by atoms with Gasteiger partial charge in [0.05, 0.1) is 11.6 Å². The number of hydrogen-bond acceptors (Lipinski definition) is 10. The molecule has 0 radical (unpaired) electrons. The molecule has 0 aliphatic heterocycles. The molecule has 11 heteroatoms. The number of phenolic OH excluding ortho intramolecular Hbond substituents is 1. The molecular formula is C24H22N4O7. The molecule has 4 atom stereocenters. The Balaban J connectivity index is 1.78. The van der Waals surface area contributed by atoms with E-state index in [1.165, 1.54) is 11.1 Å². The number of hydrogen-bond donors (Lipinski definition) is 4. The number of nitrogens with two attached hydrogens (primary N) is 1. The molecule has 11 nitrogen and oxygen atoms in total. The Morgan fingerprint density at radius 1 is 1.26 bits per heavy atom. The second-order valence-electron chi connectivity index (χ2n) is 9.39. The maximum Gasteiger partial charge on any atom is 0.255 e. The van der Waals surface area contributed by atoms with Crippen LogP contribution in [0.2, 0.25) is 0 Å². The van der Waals surface area contributed by atoms with Crippen LogP contribution in [-0.2, 0) is 16.0 Å². The summed E-state index contributed by atoms with van der Waals surface area (Å²) in [5, 5.41) is 36.7. The largest absolute Gasteiger partial charge is 0.510 e. The molecule has 1 amide bonds. The Labute approximate surface area is 198 Å². The lowest BCUT2D eigenvalue weighted by molar-refractivity contribution is -0.129. The van der Waals surface area contributed by atoms with Crippen LogP contribution < -0.4 is 5.73 Å². The fourth-order valence-corrected chi connectivity index (χ4v) is 6.00. The summed E-state index contributed by atoms with van der Waals surface area (Å²) in [6.45, 7) is 0. The van der Waals surface area contributed by atoms with E-state index in [2.05, 4.69) is 10.2 Å². The summed E-state index contributed by atoms with van der Waals surface area (Å²) in [5.74, 6) is -6.87. The summed E-state index contributed by atoms with van der Waals surface area (Å²) in [4.78, 5) is 57.1. The molecule has 0 saturated carbocycles. The minimum atomic E-state index is -2.53. The molecule has 0 fully saturated rings. The average molecular weight is 478 g/mol. The Morgan fingerprint density at radius 3 is 2.60 bits per heavy atom. The summed E-state index contributed by atoms with van der Waals surface area (Å²) in [7, 11) is 3.14. The number of nitroso groups, excluding NO2 is 1. The number of amides is 1. The maximum atomic E-state index is 13.6. The molecule has 35 heavy (non-hydrogen) atoms. The number of allylic oxidation sites excluding steroid dienone is 1. The molecule has 1 aromatic carbocycles. The highest BCUT2D eigenvalue weighted by molar-refractivity contribution is 6.25. The number of carbonyl (C=O) groups is 3. The summed E-state index contributed by atoms with van der Waals surface area (Å²) in [6.07, 6.45) is 1.70. The molecule has 5 rings (SSSR count). The van der Waals surface area contributed by atoms with E-state index >= 15 is 0 Å². The molecule has 0 spiro atoms. The molecule has 0 saturated heterocycles. The number of ketones is 2. The van der Waals surface area contributed by atoms with Gasteiger partial charge in [0.15, 0.2) is 11.5 Å². The van der Waals surface area contributed by atoms with E-state index < -0.39 is 58.0 Å². The zero-order chi connectivity index (χ0) is 25.4. The van der Waals surface area contributed by atoms with Gasteiger partial charge in [-0.3, -0.25) is 24.3 Å².